The van der Waals surface area contributed by atoms with Crippen LogP contribution >= 0.6 is 12.4 Å². The fourth-order valence-electron chi connectivity index (χ4n) is 2.81. The van der Waals surface area contributed by atoms with Crippen LogP contribution in [0.5, 0.6) is 0 Å². The maximum atomic E-state index is 13.4. The van der Waals surface area contributed by atoms with Gasteiger partial charge in [-0.2, -0.15) is 0 Å². The van der Waals surface area contributed by atoms with Gasteiger partial charge in [-0.25, -0.2) is 4.39 Å². The van der Waals surface area contributed by atoms with E-state index in [1.807, 2.05) is 19.9 Å². The molecule has 0 aromatic heterocycles. The Kier molecular flexibility index (Phi) is 7.63. The molecule has 1 saturated heterocycles. The minimum Gasteiger partial charge on any atom is -0.346 e. The molecule has 3 N–H and O–H groups in total. The fraction of sp³-hybridized carbons (Fsp3) is 0.529. The molecule has 2 atom stereocenters. The van der Waals surface area contributed by atoms with Crippen LogP contribution in [0.4, 0.5) is 4.39 Å². The van der Waals surface area contributed by atoms with Crippen molar-refractivity contribution in [3.8, 4) is 0 Å². The van der Waals surface area contributed by atoms with E-state index in [2.05, 4.69) is 5.32 Å². The van der Waals surface area contributed by atoms with Gasteiger partial charge in [0, 0.05) is 6.54 Å². The van der Waals surface area contributed by atoms with E-state index in [-0.39, 0.29) is 48.5 Å². The molecular weight excluding hydrogens is 333 g/mol. The van der Waals surface area contributed by atoms with E-state index in [1.165, 1.54) is 12.1 Å². The van der Waals surface area contributed by atoms with Crippen LogP contribution in [-0.4, -0.2) is 35.8 Å². The van der Waals surface area contributed by atoms with Gasteiger partial charge in [-0.1, -0.05) is 26.0 Å². The number of nitrogens with two attached hydrogens (primary N) is 1. The average molecular weight is 358 g/mol. The number of halogens is 2. The molecule has 1 aromatic carbocycles. The van der Waals surface area contributed by atoms with E-state index in [1.54, 1.807) is 11.0 Å². The third-order valence-corrected chi connectivity index (χ3v) is 4.24. The van der Waals surface area contributed by atoms with Crippen molar-refractivity contribution in [1.82, 2.24) is 10.2 Å². The minimum atomic E-state index is -0.625. The van der Waals surface area contributed by atoms with Gasteiger partial charge in [-0.05, 0) is 36.5 Å². The Morgan fingerprint density at radius 1 is 1.42 bits per heavy atom. The summed E-state index contributed by atoms with van der Waals surface area (Å²) >= 11 is 0. The first kappa shape index (κ1) is 20.4. The summed E-state index contributed by atoms with van der Waals surface area (Å²) in [6.07, 6.45) is 1.67. The largest absolute Gasteiger partial charge is 0.346 e. The lowest BCUT2D eigenvalue weighted by atomic mass is 10.0. The molecule has 7 heteroatoms. The van der Waals surface area contributed by atoms with E-state index in [9.17, 15) is 14.0 Å². The molecule has 0 bridgehead atoms. The van der Waals surface area contributed by atoms with E-state index in [0.29, 0.717) is 6.54 Å². The van der Waals surface area contributed by atoms with Crippen LogP contribution in [0.3, 0.4) is 0 Å². The van der Waals surface area contributed by atoms with Gasteiger partial charge >= 0.3 is 0 Å². The maximum absolute atomic E-state index is 13.4. The third kappa shape index (κ3) is 4.92. The van der Waals surface area contributed by atoms with E-state index < -0.39 is 6.04 Å². The summed E-state index contributed by atoms with van der Waals surface area (Å²) in [7, 11) is 0. The highest BCUT2D eigenvalue weighted by molar-refractivity contribution is 5.87. The van der Waals surface area contributed by atoms with Crippen molar-refractivity contribution in [3.63, 3.8) is 0 Å². The SMILES string of the molecule is CC(C)[C@H](N)C(=O)NCC(=O)N1CCCC1c1cccc(F)c1.Cl. The molecule has 1 heterocycles. The van der Waals surface area contributed by atoms with E-state index in [4.69, 9.17) is 5.73 Å². The Hall–Kier alpha value is -1.66. The standard InChI is InChI=1S/C17H24FN3O2.ClH/c1-11(2)16(19)17(23)20-10-15(22)21-8-4-7-14(21)12-5-3-6-13(18)9-12;/h3,5-6,9,11,14,16H,4,7-8,10,19H2,1-2H3,(H,20,23);1H/t14?,16-;/m0./s1. The molecule has 1 aliphatic rings. The Morgan fingerprint density at radius 2 is 2.12 bits per heavy atom. The molecule has 2 amide bonds. The Balaban J connectivity index is 0.00000288. The second kappa shape index (κ2) is 8.99. The van der Waals surface area contributed by atoms with Gasteiger partial charge in [0.2, 0.25) is 11.8 Å². The predicted molar refractivity (Wildman–Crippen MR) is 93.2 cm³/mol. The Bertz CT molecular complexity index is 583. The van der Waals surface area contributed by atoms with Crippen molar-refractivity contribution in [2.75, 3.05) is 13.1 Å². The molecule has 0 radical (unpaired) electrons. The molecular formula is C17H25ClFN3O2. The van der Waals surface area contributed by atoms with Gasteiger partial charge in [0.05, 0.1) is 18.6 Å². The maximum Gasteiger partial charge on any atom is 0.242 e. The van der Waals surface area contributed by atoms with Crippen LogP contribution in [0.2, 0.25) is 0 Å². The van der Waals surface area contributed by atoms with Crippen molar-refractivity contribution in [2.24, 2.45) is 11.7 Å². The molecule has 2 rings (SSSR count). The van der Waals surface area contributed by atoms with Crippen LogP contribution in [0.15, 0.2) is 24.3 Å². The zero-order valence-electron chi connectivity index (χ0n) is 14.0. The average Bonchev–Trinajstić information content (AvgIpc) is 3.01. The first-order valence-electron chi connectivity index (χ1n) is 7.98. The monoisotopic (exact) mass is 357 g/mol. The first-order chi connectivity index (χ1) is 10.9. The molecule has 0 saturated carbocycles. The number of hydrogen-bond acceptors (Lipinski definition) is 3. The quantitative estimate of drug-likeness (QED) is 0.846. The van der Waals surface area contributed by atoms with Crippen LogP contribution in [0.1, 0.15) is 38.3 Å². The van der Waals surface area contributed by atoms with Gasteiger partial charge < -0.3 is 16.0 Å². The van der Waals surface area contributed by atoms with Crippen molar-refractivity contribution < 1.29 is 14.0 Å². The van der Waals surface area contributed by atoms with Crippen molar-refractivity contribution >= 4 is 24.2 Å². The number of amides is 2. The summed E-state index contributed by atoms with van der Waals surface area (Å²) in [5, 5.41) is 2.59. The van der Waals surface area contributed by atoms with Crippen LogP contribution in [0, 0.1) is 11.7 Å². The minimum absolute atomic E-state index is 0. The second-order valence-electron chi connectivity index (χ2n) is 6.29. The highest BCUT2D eigenvalue weighted by atomic mass is 35.5. The smallest absolute Gasteiger partial charge is 0.242 e. The summed E-state index contributed by atoms with van der Waals surface area (Å²) in [6.45, 7) is 4.25. The number of likely N-dealkylation sites (tertiary alicyclic amines) is 1. The molecule has 1 aromatic rings. The summed E-state index contributed by atoms with van der Waals surface area (Å²) in [5.41, 5.74) is 6.55. The normalized spacial score (nSPS) is 18.2. The zero-order chi connectivity index (χ0) is 17.0. The van der Waals surface area contributed by atoms with Gasteiger partial charge in [0.25, 0.3) is 0 Å². The van der Waals surface area contributed by atoms with Gasteiger partial charge in [0.15, 0.2) is 0 Å². The van der Waals surface area contributed by atoms with Crippen LogP contribution in [0.25, 0.3) is 0 Å². The summed E-state index contributed by atoms with van der Waals surface area (Å²) < 4.78 is 13.4. The number of hydrogen-bond donors (Lipinski definition) is 2. The number of rotatable bonds is 5. The summed E-state index contributed by atoms with van der Waals surface area (Å²) in [4.78, 5) is 25.9. The van der Waals surface area contributed by atoms with E-state index >= 15 is 0 Å². The molecule has 134 valence electrons. The summed E-state index contributed by atoms with van der Waals surface area (Å²) in [6, 6.07) is 5.57. The molecule has 24 heavy (non-hydrogen) atoms. The lowest BCUT2D eigenvalue weighted by Crippen LogP contribution is -2.47. The van der Waals surface area contributed by atoms with Crippen molar-refractivity contribution in [1.29, 1.82) is 0 Å². The van der Waals surface area contributed by atoms with Gasteiger partial charge in [-0.3, -0.25) is 9.59 Å². The lowest BCUT2D eigenvalue weighted by molar-refractivity contribution is -0.134. The van der Waals surface area contributed by atoms with Crippen LogP contribution in [-0.2, 0) is 9.59 Å². The number of nitrogens with one attached hydrogen (secondary N) is 1. The number of nitrogens with zero attached hydrogens (tertiary/aromatic N) is 1. The highest BCUT2D eigenvalue weighted by Gasteiger charge is 2.30. The number of benzene rings is 1. The molecule has 0 spiro atoms. The zero-order valence-corrected chi connectivity index (χ0v) is 14.8. The van der Waals surface area contributed by atoms with E-state index in [0.717, 1.165) is 18.4 Å². The van der Waals surface area contributed by atoms with Gasteiger partial charge in [-0.15, -0.1) is 12.4 Å². The first-order valence-corrected chi connectivity index (χ1v) is 7.98. The molecule has 0 aliphatic carbocycles. The summed E-state index contributed by atoms with van der Waals surface area (Å²) in [5.74, 6) is -0.786. The third-order valence-electron chi connectivity index (χ3n) is 4.24. The molecule has 1 unspecified atom stereocenters. The topological polar surface area (TPSA) is 75.4 Å². The predicted octanol–water partition coefficient (Wildman–Crippen LogP) is 2.01. The molecule has 5 nitrogen and oxygen atoms in total. The lowest BCUT2D eigenvalue weighted by Gasteiger charge is -2.26. The van der Waals surface area contributed by atoms with Crippen molar-refractivity contribution in [2.45, 2.75) is 38.8 Å². The number of carbonyl (C=O) groups excluding carboxylic acids is 2. The van der Waals surface area contributed by atoms with Gasteiger partial charge in [0.1, 0.15) is 5.82 Å². The fourth-order valence-corrected chi connectivity index (χ4v) is 2.81. The van der Waals surface area contributed by atoms with Crippen LogP contribution < -0.4 is 11.1 Å². The second-order valence-corrected chi connectivity index (χ2v) is 6.29. The number of carbonyl (C=O) groups is 2. The molecule has 1 aliphatic heterocycles. The Labute approximate surface area is 148 Å². The Morgan fingerprint density at radius 3 is 2.75 bits per heavy atom. The van der Waals surface area contributed by atoms with Crippen molar-refractivity contribution in [3.05, 3.63) is 35.6 Å². The molecule has 1 fully saturated rings. The highest BCUT2D eigenvalue weighted by Crippen LogP contribution is 2.32.